The number of amides is 6. The van der Waals surface area contributed by atoms with Gasteiger partial charge in [-0.15, -0.1) is 0 Å². The quantitative estimate of drug-likeness (QED) is 0.0841. The van der Waals surface area contributed by atoms with Crippen LogP contribution in [0.3, 0.4) is 0 Å². The SMILES string of the molecule is CC[C@H](C)[C@H](NC(=O)[C@@H](N)C(C)C)C(=O)N[C@@H](CC(C)C)C(=O)N[C@@H](CC(N)=O)C(=O)N[C@@H](CC(C)C)C(=O)N[C@@H](Cc1ccccc1)C(=O)O. The fraction of sp³-hybridized carbons (Fsp3) is 0.639. The van der Waals surface area contributed by atoms with Gasteiger partial charge in [0.25, 0.3) is 0 Å². The molecule has 0 aliphatic rings. The second-order valence-corrected chi connectivity index (χ2v) is 14.3. The van der Waals surface area contributed by atoms with E-state index in [2.05, 4.69) is 26.6 Å². The number of primary amides is 1. The van der Waals surface area contributed by atoms with E-state index in [1.165, 1.54) is 0 Å². The fourth-order valence-electron chi connectivity index (χ4n) is 5.20. The maximum Gasteiger partial charge on any atom is 0.326 e. The molecule has 0 fully saturated rings. The Labute approximate surface area is 301 Å². The van der Waals surface area contributed by atoms with Crippen molar-refractivity contribution in [3.8, 4) is 0 Å². The van der Waals surface area contributed by atoms with Gasteiger partial charge in [-0.25, -0.2) is 4.79 Å². The number of carbonyl (C=O) groups excluding carboxylic acids is 6. The molecule has 1 aromatic carbocycles. The minimum atomic E-state index is -1.53. The summed E-state index contributed by atoms with van der Waals surface area (Å²) >= 11 is 0. The molecule has 1 rings (SSSR count). The molecular formula is C36H59N7O8. The fourth-order valence-corrected chi connectivity index (χ4v) is 5.20. The van der Waals surface area contributed by atoms with E-state index >= 15 is 0 Å². The van der Waals surface area contributed by atoms with Crippen LogP contribution in [-0.2, 0) is 40.0 Å². The summed E-state index contributed by atoms with van der Waals surface area (Å²) in [5.74, 6) is -6.49. The van der Waals surface area contributed by atoms with Crippen LogP contribution in [0, 0.1) is 23.7 Å². The number of aliphatic carboxylic acids is 1. The Morgan fingerprint density at radius 3 is 1.53 bits per heavy atom. The number of rotatable bonds is 22. The molecule has 0 radical (unpaired) electrons. The van der Waals surface area contributed by atoms with Gasteiger partial charge in [0, 0.05) is 6.42 Å². The summed E-state index contributed by atoms with van der Waals surface area (Å²) < 4.78 is 0. The van der Waals surface area contributed by atoms with Crippen molar-refractivity contribution in [3.05, 3.63) is 35.9 Å². The van der Waals surface area contributed by atoms with E-state index in [9.17, 15) is 38.7 Å². The molecule has 15 nitrogen and oxygen atoms in total. The second kappa shape index (κ2) is 21.6. The van der Waals surface area contributed by atoms with Crippen LogP contribution in [-0.4, -0.2) is 82.8 Å². The summed E-state index contributed by atoms with van der Waals surface area (Å²) in [7, 11) is 0. The van der Waals surface area contributed by atoms with E-state index in [4.69, 9.17) is 11.5 Å². The predicted octanol–water partition coefficient (Wildman–Crippen LogP) is 0.735. The van der Waals surface area contributed by atoms with E-state index in [0.29, 0.717) is 12.0 Å². The van der Waals surface area contributed by atoms with Gasteiger partial charge in [0.1, 0.15) is 30.2 Å². The first-order chi connectivity index (χ1) is 23.8. The van der Waals surface area contributed by atoms with Gasteiger partial charge < -0.3 is 43.2 Å². The van der Waals surface area contributed by atoms with Crippen molar-refractivity contribution in [3.63, 3.8) is 0 Å². The maximum atomic E-state index is 13.7. The van der Waals surface area contributed by atoms with E-state index in [-0.39, 0.29) is 42.9 Å². The van der Waals surface area contributed by atoms with E-state index in [0.717, 1.165) is 0 Å². The molecule has 0 unspecified atom stereocenters. The van der Waals surface area contributed by atoms with Gasteiger partial charge in [-0.05, 0) is 42.1 Å². The van der Waals surface area contributed by atoms with Crippen molar-refractivity contribution in [1.29, 1.82) is 0 Å². The Kier molecular flexibility index (Phi) is 18.9. The Bertz CT molecular complexity index is 1340. The molecule has 0 heterocycles. The van der Waals surface area contributed by atoms with Gasteiger partial charge in [-0.2, -0.15) is 0 Å². The summed E-state index contributed by atoms with van der Waals surface area (Å²) in [4.78, 5) is 91.0. The Morgan fingerprint density at radius 2 is 1.10 bits per heavy atom. The maximum absolute atomic E-state index is 13.7. The monoisotopic (exact) mass is 717 g/mol. The average Bonchev–Trinajstić information content (AvgIpc) is 3.04. The molecule has 7 atom stereocenters. The van der Waals surface area contributed by atoms with E-state index in [1.807, 2.05) is 20.8 Å². The normalized spacial score (nSPS) is 15.5. The number of hydrogen-bond donors (Lipinski definition) is 8. The molecule has 6 amide bonds. The minimum absolute atomic E-state index is 0.000320. The highest BCUT2D eigenvalue weighted by Gasteiger charge is 2.35. The van der Waals surface area contributed by atoms with Gasteiger partial charge >= 0.3 is 5.97 Å². The molecule has 0 saturated heterocycles. The van der Waals surface area contributed by atoms with Crippen LogP contribution in [0.4, 0.5) is 0 Å². The molecule has 0 aliphatic carbocycles. The zero-order valence-electron chi connectivity index (χ0n) is 31.2. The molecule has 15 heteroatoms. The van der Waals surface area contributed by atoms with Gasteiger partial charge in [-0.3, -0.25) is 28.8 Å². The molecular weight excluding hydrogens is 658 g/mol. The lowest BCUT2D eigenvalue weighted by atomic mass is 9.95. The van der Waals surface area contributed by atoms with Crippen LogP contribution in [0.25, 0.3) is 0 Å². The highest BCUT2D eigenvalue weighted by atomic mass is 16.4. The number of benzene rings is 1. The first-order valence-electron chi connectivity index (χ1n) is 17.6. The molecule has 0 aromatic heterocycles. The van der Waals surface area contributed by atoms with Crippen molar-refractivity contribution in [2.24, 2.45) is 35.1 Å². The third kappa shape index (κ3) is 15.9. The Balaban J connectivity index is 3.26. The number of carbonyl (C=O) groups is 7. The summed E-state index contributed by atoms with van der Waals surface area (Å²) in [5, 5.41) is 22.8. The van der Waals surface area contributed by atoms with Crippen molar-refractivity contribution in [2.45, 2.75) is 124 Å². The van der Waals surface area contributed by atoms with Crippen LogP contribution in [0.5, 0.6) is 0 Å². The first kappa shape index (κ1) is 44.5. The van der Waals surface area contributed by atoms with Crippen LogP contribution >= 0.6 is 0 Å². The predicted molar refractivity (Wildman–Crippen MR) is 192 cm³/mol. The summed E-state index contributed by atoms with van der Waals surface area (Å²) in [6.07, 6.45) is 0.162. The second-order valence-electron chi connectivity index (χ2n) is 14.3. The molecule has 0 spiro atoms. The highest BCUT2D eigenvalue weighted by molar-refractivity contribution is 5.97. The summed E-state index contributed by atoms with van der Waals surface area (Å²) in [6.45, 7) is 14.4. The lowest BCUT2D eigenvalue weighted by Gasteiger charge is -2.29. The van der Waals surface area contributed by atoms with Gasteiger partial charge in [-0.1, -0.05) is 92.1 Å². The molecule has 286 valence electrons. The molecule has 1 aromatic rings. The van der Waals surface area contributed by atoms with Gasteiger partial charge in [0.05, 0.1) is 12.5 Å². The molecule has 0 saturated carbocycles. The first-order valence-corrected chi connectivity index (χ1v) is 17.6. The van der Waals surface area contributed by atoms with Crippen LogP contribution in [0.15, 0.2) is 30.3 Å². The lowest BCUT2D eigenvalue weighted by molar-refractivity contribution is -0.142. The summed E-state index contributed by atoms with van der Waals surface area (Å²) in [6, 6.07) is 1.64. The number of hydrogen-bond acceptors (Lipinski definition) is 8. The highest BCUT2D eigenvalue weighted by Crippen LogP contribution is 2.13. The molecule has 0 bridgehead atoms. The van der Waals surface area contributed by atoms with E-state index in [1.54, 1.807) is 65.0 Å². The van der Waals surface area contributed by atoms with Crippen molar-refractivity contribution < 1.29 is 38.7 Å². The zero-order valence-corrected chi connectivity index (χ0v) is 31.2. The van der Waals surface area contributed by atoms with Gasteiger partial charge in [0.15, 0.2) is 0 Å². The van der Waals surface area contributed by atoms with Crippen LogP contribution in [0.2, 0.25) is 0 Å². The third-order valence-electron chi connectivity index (χ3n) is 8.43. The van der Waals surface area contributed by atoms with Crippen molar-refractivity contribution in [2.75, 3.05) is 0 Å². The zero-order chi connectivity index (χ0) is 39.0. The van der Waals surface area contributed by atoms with Crippen molar-refractivity contribution in [1.82, 2.24) is 26.6 Å². The topological polar surface area (TPSA) is 252 Å². The smallest absolute Gasteiger partial charge is 0.326 e. The molecule has 10 N–H and O–H groups in total. The standard InChI is InChI=1S/C36H59N7O8/c1-9-22(8)30(43-34(48)29(38)21(6)7)35(49)41-25(16-20(4)5)31(45)40-26(18-28(37)44)33(47)39-24(15-19(2)3)32(46)42-27(36(50)51)17-23-13-11-10-12-14-23/h10-14,19-22,24-27,29-30H,9,15-18,38H2,1-8H3,(H2,37,44)(H,39,47)(H,40,45)(H,41,49)(H,42,46)(H,43,48)(H,50,51)/t22-,24-,25-,26-,27-,29-,30-/m0/s1. The van der Waals surface area contributed by atoms with Crippen LogP contribution in [0.1, 0.15) is 86.6 Å². The number of nitrogens with one attached hydrogen (secondary N) is 5. The molecule has 51 heavy (non-hydrogen) atoms. The summed E-state index contributed by atoms with van der Waals surface area (Å²) in [5.41, 5.74) is 12.1. The average molecular weight is 718 g/mol. The van der Waals surface area contributed by atoms with Crippen LogP contribution < -0.4 is 38.1 Å². The Morgan fingerprint density at radius 1 is 0.647 bits per heavy atom. The third-order valence-corrected chi connectivity index (χ3v) is 8.43. The van der Waals surface area contributed by atoms with E-state index < -0.39 is 84.1 Å². The van der Waals surface area contributed by atoms with Gasteiger partial charge in [0.2, 0.25) is 35.4 Å². The molecule has 0 aliphatic heterocycles. The minimum Gasteiger partial charge on any atom is -0.480 e. The lowest BCUT2D eigenvalue weighted by Crippen LogP contribution is -2.61. The Hall–Kier alpha value is -4.53. The number of nitrogens with two attached hydrogens (primary N) is 2. The van der Waals surface area contributed by atoms with Crippen molar-refractivity contribution >= 4 is 41.4 Å². The number of carboxylic acids is 1. The largest absolute Gasteiger partial charge is 0.480 e. The number of carboxylic acid groups (broad SMARTS) is 1.